The first-order valence-corrected chi connectivity index (χ1v) is 6.33. The zero-order chi connectivity index (χ0) is 13.3. The van der Waals surface area contributed by atoms with Crippen molar-refractivity contribution < 1.29 is 9.13 Å². The van der Waals surface area contributed by atoms with Gasteiger partial charge in [0.1, 0.15) is 17.3 Å². The molecule has 0 aliphatic heterocycles. The normalized spacial score (nSPS) is 10.4. The summed E-state index contributed by atoms with van der Waals surface area (Å²) in [4.78, 5) is 0. The van der Waals surface area contributed by atoms with Crippen LogP contribution < -0.4 is 10.5 Å². The molecule has 0 unspecified atom stereocenters. The van der Waals surface area contributed by atoms with Gasteiger partial charge in [0, 0.05) is 11.8 Å². The Labute approximate surface area is 118 Å². The summed E-state index contributed by atoms with van der Waals surface area (Å²) in [7, 11) is 0. The van der Waals surface area contributed by atoms with Gasteiger partial charge in [0.15, 0.2) is 0 Å². The van der Waals surface area contributed by atoms with Crippen LogP contribution in [0.2, 0.25) is 5.02 Å². The van der Waals surface area contributed by atoms with Crippen LogP contribution >= 0.6 is 27.5 Å². The molecule has 0 amide bonds. The number of hydrogen-bond acceptors (Lipinski definition) is 2. The quantitative estimate of drug-likeness (QED) is 0.626. The zero-order valence-corrected chi connectivity index (χ0v) is 11.8. The summed E-state index contributed by atoms with van der Waals surface area (Å²) >= 11 is 8.94. The lowest BCUT2D eigenvalue weighted by atomic mass is 10.2. The Balaban J connectivity index is 2.37. The highest BCUT2D eigenvalue weighted by atomic mass is 79.9. The van der Waals surface area contributed by atoms with Crippen molar-refractivity contribution in [3.05, 3.63) is 51.2 Å². The van der Waals surface area contributed by atoms with Crippen molar-refractivity contribution in [1.82, 2.24) is 0 Å². The fourth-order valence-electron chi connectivity index (χ4n) is 1.49. The number of ether oxygens (including phenoxy) is 1. The first kappa shape index (κ1) is 13.2. The molecule has 0 aromatic heterocycles. The maximum Gasteiger partial charge on any atom is 0.145 e. The van der Waals surface area contributed by atoms with E-state index in [9.17, 15) is 4.39 Å². The Morgan fingerprint density at radius 2 is 1.94 bits per heavy atom. The number of nitrogens with two attached hydrogens (primary N) is 1. The monoisotopic (exact) mass is 329 g/mol. The molecule has 0 saturated carbocycles. The molecule has 2 aromatic rings. The summed E-state index contributed by atoms with van der Waals surface area (Å²) in [6, 6.07) is 7.95. The highest BCUT2D eigenvalue weighted by Gasteiger charge is 2.10. The second-order valence-electron chi connectivity index (χ2n) is 3.82. The molecule has 2 nitrogen and oxygen atoms in total. The lowest BCUT2D eigenvalue weighted by molar-refractivity contribution is 0.470. The fraction of sp³-hybridized carbons (Fsp3) is 0.0769. The van der Waals surface area contributed by atoms with Crippen LogP contribution in [0.5, 0.6) is 11.5 Å². The Kier molecular flexibility index (Phi) is 3.78. The number of anilines is 1. The van der Waals surface area contributed by atoms with Gasteiger partial charge in [0.2, 0.25) is 0 Å². The molecule has 0 aliphatic rings. The average Bonchev–Trinajstić information content (AvgIpc) is 2.29. The fourth-order valence-corrected chi connectivity index (χ4v) is 2.21. The Hall–Kier alpha value is -1.26. The molecule has 0 bridgehead atoms. The van der Waals surface area contributed by atoms with E-state index in [0.717, 1.165) is 5.56 Å². The van der Waals surface area contributed by atoms with E-state index in [-0.39, 0.29) is 5.02 Å². The van der Waals surface area contributed by atoms with E-state index in [4.69, 9.17) is 22.1 Å². The van der Waals surface area contributed by atoms with Crippen LogP contribution in [0.4, 0.5) is 10.1 Å². The standard InChI is InChI=1S/C13H10BrClFNO/c1-7-4-8(17)2-3-12(7)18-13-6-11(16)10(15)5-9(13)14/h2-6H,17H2,1H3. The highest BCUT2D eigenvalue weighted by Crippen LogP contribution is 2.35. The smallest absolute Gasteiger partial charge is 0.145 e. The second kappa shape index (κ2) is 5.16. The second-order valence-corrected chi connectivity index (χ2v) is 5.09. The van der Waals surface area contributed by atoms with Crippen LogP contribution in [0, 0.1) is 12.7 Å². The zero-order valence-electron chi connectivity index (χ0n) is 9.51. The maximum absolute atomic E-state index is 13.4. The molecular formula is C13H10BrClFNO. The molecule has 0 atom stereocenters. The van der Waals surface area contributed by atoms with Crippen LogP contribution in [0.3, 0.4) is 0 Å². The third-order valence-electron chi connectivity index (χ3n) is 2.39. The SMILES string of the molecule is Cc1cc(N)ccc1Oc1cc(F)c(Cl)cc1Br. The summed E-state index contributed by atoms with van der Waals surface area (Å²) in [5.74, 6) is 0.458. The van der Waals surface area contributed by atoms with Gasteiger partial charge in [-0.1, -0.05) is 11.6 Å². The largest absolute Gasteiger partial charge is 0.456 e. The molecule has 2 N–H and O–H groups in total. The van der Waals surface area contributed by atoms with Crippen LogP contribution in [0.1, 0.15) is 5.56 Å². The highest BCUT2D eigenvalue weighted by molar-refractivity contribution is 9.10. The number of aryl methyl sites for hydroxylation is 1. The van der Waals surface area contributed by atoms with Crippen LogP contribution in [-0.4, -0.2) is 0 Å². The number of benzene rings is 2. The van der Waals surface area contributed by atoms with Gasteiger partial charge in [-0.3, -0.25) is 0 Å². The molecule has 94 valence electrons. The Morgan fingerprint density at radius 3 is 2.61 bits per heavy atom. The van der Waals surface area contributed by atoms with Gasteiger partial charge in [0.05, 0.1) is 9.50 Å². The van der Waals surface area contributed by atoms with E-state index in [1.54, 1.807) is 18.2 Å². The topological polar surface area (TPSA) is 35.2 Å². The number of halogens is 3. The van der Waals surface area contributed by atoms with Gasteiger partial charge in [-0.15, -0.1) is 0 Å². The molecule has 0 saturated heterocycles. The Morgan fingerprint density at radius 1 is 1.22 bits per heavy atom. The van der Waals surface area contributed by atoms with Crippen molar-refractivity contribution in [2.24, 2.45) is 0 Å². The summed E-state index contributed by atoms with van der Waals surface area (Å²) in [5, 5.41) is 0.0447. The average molecular weight is 331 g/mol. The van der Waals surface area contributed by atoms with Crippen molar-refractivity contribution in [3.63, 3.8) is 0 Å². The molecule has 0 aliphatic carbocycles. The molecule has 18 heavy (non-hydrogen) atoms. The van der Waals surface area contributed by atoms with Crippen LogP contribution in [-0.2, 0) is 0 Å². The third-order valence-corrected chi connectivity index (χ3v) is 3.30. The van der Waals surface area contributed by atoms with E-state index < -0.39 is 5.82 Å². The van der Waals surface area contributed by atoms with Crippen LogP contribution in [0.25, 0.3) is 0 Å². The third kappa shape index (κ3) is 2.76. The molecule has 0 fully saturated rings. The van der Waals surface area contributed by atoms with E-state index in [1.165, 1.54) is 12.1 Å². The van der Waals surface area contributed by atoms with Crippen molar-refractivity contribution in [1.29, 1.82) is 0 Å². The predicted molar refractivity (Wildman–Crippen MR) is 74.8 cm³/mol. The van der Waals surface area contributed by atoms with Gasteiger partial charge in [0.25, 0.3) is 0 Å². The van der Waals surface area contributed by atoms with Crippen molar-refractivity contribution in [3.8, 4) is 11.5 Å². The van der Waals surface area contributed by atoms with Gasteiger partial charge in [-0.25, -0.2) is 4.39 Å². The molecule has 2 rings (SSSR count). The van der Waals surface area contributed by atoms with E-state index >= 15 is 0 Å². The summed E-state index contributed by atoms with van der Waals surface area (Å²) < 4.78 is 19.6. The van der Waals surface area contributed by atoms with E-state index in [1.807, 2.05) is 6.92 Å². The minimum absolute atomic E-state index is 0.0447. The lowest BCUT2D eigenvalue weighted by Crippen LogP contribution is -1.92. The van der Waals surface area contributed by atoms with Gasteiger partial charge in [-0.05, 0) is 52.7 Å². The predicted octanol–water partition coefficient (Wildman–Crippen LogP) is 4.92. The minimum Gasteiger partial charge on any atom is -0.456 e. The number of hydrogen-bond donors (Lipinski definition) is 1. The van der Waals surface area contributed by atoms with Gasteiger partial charge in [-0.2, -0.15) is 0 Å². The molecule has 5 heteroatoms. The van der Waals surface area contributed by atoms with Crippen molar-refractivity contribution in [2.45, 2.75) is 6.92 Å². The summed E-state index contributed by atoms with van der Waals surface area (Å²) in [5.41, 5.74) is 7.18. The van der Waals surface area contributed by atoms with E-state index in [0.29, 0.717) is 21.7 Å². The lowest BCUT2D eigenvalue weighted by Gasteiger charge is -2.11. The molecule has 0 spiro atoms. The summed E-state index contributed by atoms with van der Waals surface area (Å²) in [6.07, 6.45) is 0. The first-order valence-electron chi connectivity index (χ1n) is 5.16. The molecule has 2 aromatic carbocycles. The maximum atomic E-state index is 13.4. The summed E-state index contributed by atoms with van der Waals surface area (Å²) in [6.45, 7) is 1.87. The van der Waals surface area contributed by atoms with Gasteiger partial charge >= 0.3 is 0 Å². The molecule has 0 radical (unpaired) electrons. The minimum atomic E-state index is -0.525. The number of rotatable bonds is 2. The Bertz CT molecular complexity index is 604. The van der Waals surface area contributed by atoms with Crippen LogP contribution in [0.15, 0.2) is 34.8 Å². The van der Waals surface area contributed by atoms with Gasteiger partial charge < -0.3 is 10.5 Å². The van der Waals surface area contributed by atoms with Crippen molar-refractivity contribution in [2.75, 3.05) is 5.73 Å². The molecular weight excluding hydrogens is 321 g/mol. The first-order chi connectivity index (χ1) is 8.47. The van der Waals surface area contributed by atoms with Crippen molar-refractivity contribution >= 4 is 33.2 Å². The molecule has 0 heterocycles. The number of nitrogen functional groups attached to an aromatic ring is 1. The van der Waals surface area contributed by atoms with E-state index in [2.05, 4.69) is 15.9 Å².